The van der Waals surface area contributed by atoms with Gasteiger partial charge in [-0.15, -0.1) is 0 Å². The van der Waals surface area contributed by atoms with Crippen LogP contribution in [-0.4, -0.2) is 33.0 Å². The summed E-state index contributed by atoms with van der Waals surface area (Å²) in [6.07, 6.45) is 4.62. The Kier molecular flexibility index (Phi) is 3.11. The molecule has 1 atom stereocenters. The fraction of sp³-hybridized carbons (Fsp3) is 0.429. The quantitative estimate of drug-likeness (QED) is 0.820. The van der Waals surface area contributed by atoms with Crippen LogP contribution in [0.3, 0.4) is 0 Å². The Balaban J connectivity index is 1.79. The minimum absolute atomic E-state index is 0.377. The third kappa shape index (κ3) is 2.54. The molecule has 3 heterocycles. The van der Waals surface area contributed by atoms with Crippen LogP contribution >= 0.6 is 0 Å². The van der Waals surface area contributed by atoms with E-state index in [0.717, 1.165) is 42.7 Å². The Hall–Kier alpha value is -2.04. The Bertz CT molecular complexity index is 549. The van der Waals surface area contributed by atoms with Crippen molar-refractivity contribution in [3.8, 4) is 0 Å². The molecule has 2 aromatic rings. The van der Waals surface area contributed by atoms with Crippen molar-refractivity contribution in [2.45, 2.75) is 26.2 Å². The van der Waals surface area contributed by atoms with Gasteiger partial charge in [-0.05, 0) is 32.4 Å². The summed E-state index contributed by atoms with van der Waals surface area (Å²) >= 11 is 0. The van der Waals surface area contributed by atoms with Crippen molar-refractivity contribution in [3.63, 3.8) is 0 Å². The van der Waals surface area contributed by atoms with Crippen LogP contribution in [-0.2, 0) is 0 Å². The molecule has 0 bridgehead atoms. The summed E-state index contributed by atoms with van der Waals surface area (Å²) in [4.78, 5) is 19.9. The molecule has 5 heteroatoms. The molecule has 0 radical (unpaired) electrons. The molecule has 0 N–H and O–H groups in total. The summed E-state index contributed by atoms with van der Waals surface area (Å²) in [5.74, 6) is 2.13. The van der Waals surface area contributed by atoms with Gasteiger partial charge in [0, 0.05) is 42.8 Å². The summed E-state index contributed by atoms with van der Waals surface area (Å²) in [6.45, 7) is 5.90. The number of aromatic nitrogens is 4. The number of aryl methyl sites for hydroxylation is 2. The number of hydrogen-bond donors (Lipinski definition) is 0. The van der Waals surface area contributed by atoms with Gasteiger partial charge in [0.15, 0.2) is 0 Å². The summed E-state index contributed by atoms with van der Waals surface area (Å²) in [5.41, 5.74) is 2.08. The van der Waals surface area contributed by atoms with Crippen LogP contribution in [0.25, 0.3) is 0 Å². The second kappa shape index (κ2) is 4.91. The van der Waals surface area contributed by atoms with E-state index >= 15 is 0 Å². The van der Waals surface area contributed by atoms with Gasteiger partial charge in [-0.2, -0.15) is 0 Å². The summed E-state index contributed by atoms with van der Waals surface area (Å²) < 4.78 is 0. The van der Waals surface area contributed by atoms with Gasteiger partial charge in [0.1, 0.15) is 5.82 Å². The molecule has 0 amide bonds. The van der Waals surface area contributed by atoms with E-state index in [1.54, 1.807) is 12.4 Å². The molecular weight excluding hydrogens is 238 g/mol. The predicted molar refractivity (Wildman–Crippen MR) is 73.1 cm³/mol. The second-order valence-corrected chi connectivity index (χ2v) is 4.99. The van der Waals surface area contributed by atoms with Gasteiger partial charge in [0.25, 0.3) is 0 Å². The molecule has 0 saturated carbocycles. The third-order valence-corrected chi connectivity index (χ3v) is 3.39. The zero-order valence-electron chi connectivity index (χ0n) is 11.2. The fourth-order valence-corrected chi connectivity index (χ4v) is 2.54. The SMILES string of the molecule is Cc1cc(C)nc([C@@H]2CCN(c3ncccn3)C2)n1. The van der Waals surface area contributed by atoms with Gasteiger partial charge in [-0.1, -0.05) is 0 Å². The van der Waals surface area contributed by atoms with Crippen LogP contribution in [0.5, 0.6) is 0 Å². The molecule has 0 unspecified atom stereocenters. The zero-order chi connectivity index (χ0) is 13.2. The normalized spacial score (nSPS) is 18.8. The average molecular weight is 255 g/mol. The first-order chi connectivity index (χ1) is 9.22. The largest absolute Gasteiger partial charge is 0.340 e. The van der Waals surface area contributed by atoms with Crippen molar-refractivity contribution >= 4 is 5.95 Å². The summed E-state index contributed by atoms with van der Waals surface area (Å²) in [5, 5.41) is 0. The highest BCUT2D eigenvalue weighted by Crippen LogP contribution is 2.27. The molecule has 1 aliphatic heterocycles. The minimum atomic E-state index is 0.377. The monoisotopic (exact) mass is 255 g/mol. The van der Waals surface area contributed by atoms with Crippen LogP contribution in [0.1, 0.15) is 29.6 Å². The highest BCUT2D eigenvalue weighted by Gasteiger charge is 2.27. The Morgan fingerprint density at radius 3 is 2.47 bits per heavy atom. The van der Waals surface area contributed by atoms with Gasteiger partial charge < -0.3 is 4.90 Å². The van der Waals surface area contributed by atoms with Gasteiger partial charge in [0.2, 0.25) is 5.95 Å². The third-order valence-electron chi connectivity index (χ3n) is 3.39. The zero-order valence-corrected chi connectivity index (χ0v) is 11.2. The van der Waals surface area contributed by atoms with Crippen molar-refractivity contribution in [2.75, 3.05) is 18.0 Å². The maximum absolute atomic E-state index is 4.57. The van der Waals surface area contributed by atoms with Crippen LogP contribution in [0.4, 0.5) is 5.95 Å². The van der Waals surface area contributed by atoms with Crippen LogP contribution in [0.15, 0.2) is 24.5 Å². The smallest absolute Gasteiger partial charge is 0.225 e. The Labute approximate surface area is 112 Å². The number of rotatable bonds is 2. The van der Waals surface area contributed by atoms with Crippen molar-refractivity contribution in [1.82, 2.24) is 19.9 Å². The van der Waals surface area contributed by atoms with Crippen molar-refractivity contribution in [3.05, 3.63) is 41.7 Å². The van der Waals surface area contributed by atoms with Gasteiger partial charge in [-0.25, -0.2) is 19.9 Å². The maximum Gasteiger partial charge on any atom is 0.225 e. The second-order valence-electron chi connectivity index (χ2n) is 4.99. The lowest BCUT2D eigenvalue weighted by Gasteiger charge is -2.15. The lowest BCUT2D eigenvalue weighted by molar-refractivity contribution is 0.698. The number of anilines is 1. The molecule has 1 aliphatic rings. The standard InChI is InChI=1S/C14H17N5/c1-10-8-11(2)18-13(17-10)12-4-7-19(9-12)14-15-5-3-6-16-14/h3,5-6,8,12H,4,7,9H2,1-2H3/t12-/m1/s1. The van der Waals surface area contributed by atoms with Gasteiger partial charge >= 0.3 is 0 Å². The highest BCUT2D eigenvalue weighted by atomic mass is 15.3. The van der Waals surface area contributed by atoms with E-state index in [0.29, 0.717) is 5.92 Å². The molecule has 98 valence electrons. The molecule has 1 fully saturated rings. The van der Waals surface area contributed by atoms with Gasteiger partial charge in [-0.3, -0.25) is 0 Å². The van der Waals surface area contributed by atoms with E-state index in [9.17, 15) is 0 Å². The maximum atomic E-state index is 4.57. The first kappa shape index (κ1) is 12.0. The van der Waals surface area contributed by atoms with Crippen molar-refractivity contribution < 1.29 is 0 Å². The van der Waals surface area contributed by atoms with E-state index in [2.05, 4.69) is 24.8 Å². The molecule has 5 nitrogen and oxygen atoms in total. The highest BCUT2D eigenvalue weighted by molar-refractivity contribution is 5.32. The first-order valence-corrected chi connectivity index (χ1v) is 6.56. The minimum Gasteiger partial charge on any atom is -0.340 e. The van der Waals surface area contributed by atoms with E-state index < -0.39 is 0 Å². The Morgan fingerprint density at radius 2 is 1.79 bits per heavy atom. The van der Waals surface area contributed by atoms with E-state index in [1.165, 1.54) is 0 Å². The molecule has 0 spiro atoms. The van der Waals surface area contributed by atoms with Gasteiger partial charge in [0.05, 0.1) is 0 Å². The van der Waals surface area contributed by atoms with Crippen LogP contribution in [0.2, 0.25) is 0 Å². The fourth-order valence-electron chi connectivity index (χ4n) is 2.54. The first-order valence-electron chi connectivity index (χ1n) is 6.56. The molecule has 0 aromatic carbocycles. The number of nitrogens with zero attached hydrogens (tertiary/aromatic N) is 5. The van der Waals surface area contributed by atoms with Crippen molar-refractivity contribution in [1.29, 1.82) is 0 Å². The summed E-state index contributed by atoms with van der Waals surface area (Å²) in [6, 6.07) is 3.85. The molecule has 1 saturated heterocycles. The molecule has 0 aliphatic carbocycles. The lowest BCUT2D eigenvalue weighted by Crippen LogP contribution is -2.22. The molecular formula is C14H17N5. The summed E-state index contributed by atoms with van der Waals surface area (Å²) in [7, 11) is 0. The number of hydrogen-bond acceptors (Lipinski definition) is 5. The lowest BCUT2D eigenvalue weighted by atomic mass is 10.1. The van der Waals surface area contributed by atoms with E-state index in [-0.39, 0.29) is 0 Å². The molecule has 2 aromatic heterocycles. The van der Waals surface area contributed by atoms with Crippen LogP contribution in [0, 0.1) is 13.8 Å². The van der Waals surface area contributed by atoms with E-state index in [4.69, 9.17) is 0 Å². The average Bonchev–Trinajstić information content (AvgIpc) is 2.88. The van der Waals surface area contributed by atoms with Crippen LogP contribution < -0.4 is 4.90 Å². The topological polar surface area (TPSA) is 54.8 Å². The molecule has 19 heavy (non-hydrogen) atoms. The predicted octanol–water partition coefficient (Wildman–Crippen LogP) is 1.88. The van der Waals surface area contributed by atoms with Crippen molar-refractivity contribution in [2.24, 2.45) is 0 Å². The molecule has 3 rings (SSSR count). The Morgan fingerprint density at radius 1 is 1.11 bits per heavy atom. The van der Waals surface area contributed by atoms with E-state index in [1.807, 2.05) is 26.0 Å².